The van der Waals surface area contributed by atoms with E-state index in [9.17, 15) is 4.39 Å². The number of hydrazine groups is 1. The van der Waals surface area contributed by atoms with Gasteiger partial charge in [-0.3, -0.25) is 14.9 Å². The first-order valence-corrected chi connectivity index (χ1v) is 10.5. The summed E-state index contributed by atoms with van der Waals surface area (Å²) in [5, 5.41) is 4.40. The fourth-order valence-corrected chi connectivity index (χ4v) is 4.85. The number of nitrogens with zero attached hydrogens (tertiary/aromatic N) is 6. The molecular weight excluding hydrogens is 393 g/mol. The Kier molecular flexibility index (Phi) is 4.93. The number of rotatable bonds is 3. The number of anilines is 2. The second-order valence-electron chi connectivity index (χ2n) is 7.94. The van der Waals surface area contributed by atoms with Crippen molar-refractivity contribution in [1.82, 2.24) is 14.9 Å². The molecule has 1 aromatic rings. The molecule has 0 radical (unpaired) electrons. The zero-order chi connectivity index (χ0) is 20.0. The van der Waals surface area contributed by atoms with Crippen LogP contribution in [0.3, 0.4) is 0 Å². The molecule has 0 spiro atoms. The predicted octanol–water partition coefficient (Wildman–Crippen LogP) is 2.42. The number of hydrogen-bond acceptors (Lipinski definition) is 7. The Balaban J connectivity index is 1.35. The first kappa shape index (κ1) is 18.8. The Labute approximate surface area is 174 Å². The van der Waals surface area contributed by atoms with E-state index >= 15 is 0 Å². The quantitative estimate of drug-likeness (QED) is 0.814. The molecule has 5 rings (SSSR count). The number of aromatic nitrogens is 1. The smallest absolute Gasteiger partial charge is 0.150 e. The maximum Gasteiger partial charge on any atom is 0.150 e. The van der Waals surface area contributed by atoms with Gasteiger partial charge in [-0.05, 0) is 31.4 Å². The molecule has 4 aliphatic heterocycles. The number of alkyl halides is 1. The van der Waals surface area contributed by atoms with Crippen LogP contribution >= 0.6 is 11.6 Å². The molecule has 29 heavy (non-hydrogen) atoms. The van der Waals surface area contributed by atoms with E-state index in [0.29, 0.717) is 24.0 Å². The fraction of sp³-hybridized carbons (Fsp3) is 0.500. The highest BCUT2D eigenvalue weighted by atomic mass is 35.5. The number of piperidine rings is 1. The van der Waals surface area contributed by atoms with Crippen LogP contribution in [0, 0.1) is 0 Å². The largest absolute Gasteiger partial charge is 0.370 e. The van der Waals surface area contributed by atoms with Gasteiger partial charge in [-0.15, -0.1) is 0 Å². The van der Waals surface area contributed by atoms with Gasteiger partial charge in [-0.2, -0.15) is 0 Å². The van der Waals surface area contributed by atoms with Crippen LogP contribution in [0.15, 0.2) is 46.6 Å². The lowest BCUT2D eigenvalue weighted by Crippen LogP contribution is -2.47. The summed E-state index contributed by atoms with van der Waals surface area (Å²) in [5.41, 5.74) is 8.42. The highest BCUT2D eigenvalue weighted by Gasteiger charge is 2.35. The van der Waals surface area contributed by atoms with Gasteiger partial charge in [-0.25, -0.2) is 14.4 Å². The maximum atomic E-state index is 13.6. The summed E-state index contributed by atoms with van der Waals surface area (Å²) in [5.74, 6) is 0.755. The third-order valence-corrected chi connectivity index (χ3v) is 6.34. The first-order valence-electron chi connectivity index (χ1n) is 10.1. The molecule has 0 saturated carbocycles. The zero-order valence-corrected chi connectivity index (χ0v) is 16.9. The second-order valence-corrected chi connectivity index (χ2v) is 8.38. The van der Waals surface area contributed by atoms with Crippen molar-refractivity contribution in [3.63, 3.8) is 0 Å². The third-order valence-electron chi connectivity index (χ3n) is 6.14. The van der Waals surface area contributed by atoms with Gasteiger partial charge in [0, 0.05) is 50.8 Å². The Morgan fingerprint density at radius 2 is 1.97 bits per heavy atom. The lowest BCUT2D eigenvalue weighted by Gasteiger charge is -2.40. The second kappa shape index (κ2) is 7.59. The molecule has 2 N–H and O–H groups in total. The lowest BCUT2D eigenvalue weighted by molar-refractivity contribution is 0.192. The fourth-order valence-electron chi connectivity index (χ4n) is 4.71. The van der Waals surface area contributed by atoms with Crippen molar-refractivity contribution in [3.05, 3.63) is 41.6 Å². The SMILES string of the molecule is N[C@@H]1C=C2N=CC(Cl)=CN2N1c1cnccc1N1CCC(N2CCC(F)C2)CC1. The van der Waals surface area contributed by atoms with Crippen LogP contribution in [-0.4, -0.2) is 65.7 Å². The first-order chi connectivity index (χ1) is 14.1. The van der Waals surface area contributed by atoms with Crippen molar-refractivity contribution in [2.45, 2.75) is 37.6 Å². The molecule has 7 nitrogen and oxygen atoms in total. The molecule has 2 saturated heterocycles. The van der Waals surface area contributed by atoms with Crippen molar-refractivity contribution in [3.8, 4) is 0 Å². The molecule has 5 heterocycles. The summed E-state index contributed by atoms with van der Waals surface area (Å²) in [6.45, 7) is 3.32. The van der Waals surface area contributed by atoms with Crippen LogP contribution in [0.4, 0.5) is 15.8 Å². The maximum absolute atomic E-state index is 13.6. The molecule has 0 amide bonds. The molecular formula is C20H25ClFN7. The van der Waals surface area contributed by atoms with Crippen molar-refractivity contribution < 1.29 is 4.39 Å². The van der Waals surface area contributed by atoms with Gasteiger partial charge in [0.05, 0.1) is 16.9 Å². The summed E-state index contributed by atoms with van der Waals surface area (Å²) in [4.78, 5) is 13.4. The van der Waals surface area contributed by atoms with Crippen molar-refractivity contribution in [2.75, 3.05) is 36.1 Å². The standard InChI is InChI=1S/C20H25ClFN7/c21-14-10-25-20-9-19(23)29(28(20)12-14)18-11-24-5-1-17(18)26-7-3-16(4-8-26)27-6-2-15(22)13-27/h1,5,9-12,15-16,19H,2-4,6-8,13,23H2/t15?,19-/m0/s1. The normalized spacial score (nSPS) is 28.0. The molecule has 2 fully saturated rings. The molecule has 9 heteroatoms. The van der Waals surface area contributed by atoms with E-state index in [1.807, 2.05) is 40.8 Å². The average molecular weight is 418 g/mol. The number of allylic oxidation sites excluding steroid dienone is 1. The number of hydrogen-bond donors (Lipinski definition) is 1. The van der Waals surface area contributed by atoms with Crippen molar-refractivity contribution in [1.29, 1.82) is 0 Å². The molecule has 1 aromatic heterocycles. The van der Waals surface area contributed by atoms with Crippen LogP contribution in [0.5, 0.6) is 0 Å². The van der Waals surface area contributed by atoms with Crippen molar-refractivity contribution in [2.24, 2.45) is 10.7 Å². The Hall–Kier alpha value is -2.16. The predicted molar refractivity (Wildman–Crippen MR) is 113 cm³/mol. The zero-order valence-electron chi connectivity index (χ0n) is 16.2. The van der Waals surface area contributed by atoms with Crippen LogP contribution < -0.4 is 15.6 Å². The van der Waals surface area contributed by atoms with Gasteiger partial charge in [0.15, 0.2) is 5.82 Å². The van der Waals surface area contributed by atoms with Gasteiger partial charge in [0.25, 0.3) is 0 Å². The van der Waals surface area contributed by atoms with Crippen LogP contribution in [0.1, 0.15) is 19.3 Å². The van der Waals surface area contributed by atoms with Crippen LogP contribution in [0.25, 0.3) is 0 Å². The molecule has 2 atom stereocenters. The van der Waals surface area contributed by atoms with Gasteiger partial charge in [0.1, 0.15) is 18.0 Å². The minimum Gasteiger partial charge on any atom is -0.370 e. The average Bonchev–Trinajstić information content (AvgIpc) is 3.30. The van der Waals surface area contributed by atoms with E-state index in [4.69, 9.17) is 17.3 Å². The lowest BCUT2D eigenvalue weighted by atomic mass is 10.0. The Morgan fingerprint density at radius 3 is 2.72 bits per heavy atom. The molecule has 1 unspecified atom stereocenters. The summed E-state index contributed by atoms with van der Waals surface area (Å²) in [6.07, 6.45) is 10.7. The van der Waals surface area contributed by atoms with Crippen LogP contribution in [-0.2, 0) is 0 Å². The summed E-state index contributed by atoms with van der Waals surface area (Å²) in [7, 11) is 0. The number of nitrogens with two attached hydrogens (primary N) is 1. The highest BCUT2D eigenvalue weighted by molar-refractivity contribution is 6.39. The number of likely N-dealkylation sites (tertiary alicyclic amines) is 1. The van der Waals surface area contributed by atoms with E-state index in [1.54, 1.807) is 6.21 Å². The topological polar surface area (TPSA) is 64.2 Å². The molecule has 0 aliphatic carbocycles. The molecule has 0 bridgehead atoms. The number of pyridine rings is 1. The van der Waals surface area contributed by atoms with E-state index in [2.05, 4.69) is 19.8 Å². The summed E-state index contributed by atoms with van der Waals surface area (Å²) >= 11 is 6.18. The number of fused-ring (bicyclic) bond motifs is 1. The van der Waals surface area contributed by atoms with E-state index in [1.165, 1.54) is 0 Å². The van der Waals surface area contributed by atoms with Gasteiger partial charge in [0.2, 0.25) is 0 Å². The number of halogens is 2. The summed E-state index contributed by atoms with van der Waals surface area (Å²) in [6, 6.07) is 2.50. The third kappa shape index (κ3) is 3.49. The molecule has 154 valence electrons. The van der Waals surface area contributed by atoms with E-state index < -0.39 is 6.17 Å². The minimum atomic E-state index is -0.662. The monoisotopic (exact) mass is 417 g/mol. The number of aliphatic imine (C=N–C) groups is 1. The Morgan fingerprint density at radius 1 is 1.14 bits per heavy atom. The van der Waals surface area contributed by atoms with Gasteiger partial charge >= 0.3 is 0 Å². The Bertz CT molecular complexity index is 864. The van der Waals surface area contributed by atoms with Crippen molar-refractivity contribution >= 4 is 29.2 Å². The molecule has 4 aliphatic rings. The van der Waals surface area contributed by atoms with Gasteiger partial charge < -0.3 is 10.6 Å². The van der Waals surface area contributed by atoms with E-state index in [-0.39, 0.29) is 6.17 Å². The summed E-state index contributed by atoms with van der Waals surface area (Å²) < 4.78 is 13.6. The highest BCUT2D eigenvalue weighted by Crippen LogP contribution is 2.38. The van der Waals surface area contributed by atoms with Gasteiger partial charge in [-0.1, -0.05) is 11.6 Å². The minimum absolute atomic E-state index is 0.354. The van der Waals surface area contributed by atoms with E-state index in [0.717, 1.165) is 49.7 Å². The molecule has 0 aromatic carbocycles. The van der Waals surface area contributed by atoms with Crippen LogP contribution in [0.2, 0.25) is 0 Å².